The smallest absolute Gasteiger partial charge is 0.251 e. The van der Waals surface area contributed by atoms with Gasteiger partial charge in [0.05, 0.1) is 12.5 Å². The average Bonchev–Trinajstić information content (AvgIpc) is 2.84. The summed E-state index contributed by atoms with van der Waals surface area (Å²) in [7, 11) is 0. The maximum Gasteiger partial charge on any atom is 0.251 e. The monoisotopic (exact) mass is 438 g/mol. The van der Waals surface area contributed by atoms with Crippen molar-refractivity contribution in [1.82, 2.24) is 0 Å². The zero-order chi connectivity index (χ0) is 23.0. The van der Waals surface area contributed by atoms with Gasteiger partial charge in [-0.2, -0.15) is 5.26 Å². The van der Waals surface area contributed by atoms with Crippen LogP contribution in [0.25, 0.3) is 0 Å². The lowest BCUT2D eigenvalue weighted by molar-refractivity contribution is -0.119. The van der Waals surface area contributed by atoms with Crippen LogP contribution in [0.1, 0.15) is 36.4 Å². The Morgan fingerprint density at radius 1 is 0.970 bits per heavy atom. The molecule has 0 bridgehead atoms. The van der Waals surface area contributed by atoms with Crippen molar-refractivity contribution in [3.8, 4) is 6.07 Å². The molecule has 0 aromatic heterocycles. The van der Waals surface area contributed by atoms with Crippen LogP contribution in [0.15, 0.2) is 78.9 Å². The maximum absolute atomic E-state index is 13.3. The van der Waals surface area contributed by atoms with Crippen LogP contribution in [-0.2, 0) is 16.0 Å². The van der Waals surface area contributed by atoms with Gasteiger partial charge in [-0.05, 0) is 60.4 Å². The lowest BCUT2D eigenvalue weighted by Gasteiger charge is -2.27. The van der Waals surface area contributed by atoms with Gasteiger partial charge in [-0.15, -0.1) is 0 Å². The Hall–Kier alpha value is -4.11. The fourth-order valence-electron chi connectivity index (χ4n) is 3.99. The molecule has 33 heavy (non-hydrogen) atoms. The topological polar surface area (TPSA) is 85.2 Å². The molecular weight excluding hydrogens is 412 g/mol. The van der Waals surface area contributed by atoms with Crippen LogP contribution in [0.5, 0.6) is 0 Å². The third-order valence-corrected chi connectivity index (χ3v) is 5.69. The van der Waals surface area contributed by atoms with E-state index in [9.17, 15) is 9.59 Å². The second-order valence-corrected chi connectivity index (χ2v) is 8.06. The lowest BCUT2D eigenvalue weighted by atomic mass is 10.0. The van der Waals surface area contributed by atoms with Crippen LogP contribution >= 0.6 is 0 Å². The normalized spacial score (nSPS) is 14.3. The van der Waals surface area contributed by atoms with Gasteiger partial charge in [-0.25, -0.2) is 0 Å². The van der Waals surface area contributed by atoms with E-state index < -0.39 is 6.04 Å². The Kier molecular flexibility index (Phi) is 7.01. The number of nitriles is 1. The molecular formula is C27H26N4O2. The molecule has 166 valence electrons. The van der Waals surface area contributed by atoms with Crippen molar-refractivity contribution >= 4 is 28.9 Å². The Morgan fingerprint density at radius 2 is 1.76 bits per heavy atom. The number of nitrogens with one attached hydrogen (secondary N) is 2. The first-order valence-corrected chi connectivity index (χ1v) is 11.1. The summed E-state index contributed by atoms with van der Waals surface area (Å²) in [5, 5.41) is 15.3. The van der Waals surface area contributed by atoms with Gasteiger partial charge in [0.1, 0.15) is 6.04 Å². The third-order valence-electron chi connectivity index (χ3n) is 5.69. The van der Waals surface area contributed by atoms with E-state index in [4.69, 9.17) is 5.26 Å². The Morgan fingerprint density at radius 3 is 2.48 bits per heavy atom. The van der Waals surface area contributed by atoms with Gasteiger partial charge in [0.25, 0.3) is 5.91 Å². The number of carbonyl (C=O) groups is 2. The molecule has 4 rings (SSSR count). The molecule has 1 unspecified atom stereocenters. The fraction of sp³-hybridized carbons (Fsp3) is 0.222. The quantitative estimate of drug-likeness (QED) is 0.540. The van der Waals surface area contributed by atoms with Gasteiger partial charge < -0.3 is 15.5 Å². The molecule has 1 aliphatic rings. The summed E-state index contributed by atoms with van der Waals surface area (Å²) >= 11 is 0. The molecule has 0 aliphatic carbocycles. The fourth-order valence-corrected chi connectivity index (χ4v) is 3.99. The van der Waals surface area contributed by atoms with Gasteiger partial charge in [-0.3, -0.25) is 9.59 Å². The number of anilines is 3. The van der Waals surface area contributed by atoms with E-state index >= 15 is 0 Å². The standard InChI is InChI=1S/C27H26N4O2/c28-17-16-20-7-6-10-23(19-20)29-26(21-8-2-1-3-9-21)27(33)30-22-12-14-24(15-13-22)31-18-5-4-11-25(31)32/h1-3,6-10,12-15,19,26,29H,4-5,11,16,18H2,(H,30,33). The van der Waals surface area contributed by atoms with Gasteiger partial charge in [0, 0.05) is 30.0 Å². The zero-order valence-electron chi connectivity index (χ0n) is 18.3. The minimum Gasteiger partial charge on any atom is -0.370 e. The summed E-state index contributed by atoms with van der Waals surface area (Å²) in [4.78, 5) is 27.3. The molecule has 2 N–H and O–H groups in total. The summed E-state index contributed by atoms with van der Waals surface area (Å²) in [6.07, 6.45) is 2.84. The number of hydrogen-bond acceptors (Lipinski definition) is 4. The molecule has 0 saturated carbocycles. The van der Waals surface area contributed by atoms with Crippen molar-refractivity contribution in [3.63, 3.8) is 0 Å². The molecule has 3 aromatic carbocycles. The average molecular weight is 439 g/mol. The molecule has 1 aliphatic heterocycles. The number of carbonyl (C=O) groups excluding carboxylic acids is 2. The number of rotatable bonds is 7. The van der Waals surface area contributed by atoms with Crippen molar-refractivity contribution in [1.29, 1.82) is 5.26 Å². The van der Waals surface area contributed by atoms with E-state index in [0.29, 0.717) is 18.5 Å². The van der Waals surface area contributed by atoms with Gasteiger partial charge in [0.2, 0.25) is 5.91 Å². The first kappa shape index (κ1) is 22.1. The van der Waals surface area contributed by atoms with Crippen LogP contribution in [-0.4, -0.2) is 18.4 Å². The highest BCUT2D eigenvalue weighted by molar-refractivity contribution is 5.98. The first-order valence-electron chi connectivity index (χ1n) is 11.1. The van der Waals surface area contributed by atoms with Crippen molar-refractivity contribution < 1.29 is 9.59 Å². The van der Waals surface area contributed by atoms with E-state index in [0.717, 1.165) is 41.9 Å². The molecule has 2 amide bonds. The largest absolute Gasteiger partial charge is 0.370 e. The molecule has 6 heteroatoms. The third kappa shape index (κ3) is 5.58. The Labute approximate surface area is 193 Å². The van der Waals surface area contributed by atoms with E-state index in [1.165, 1.54) is 0 Å². The summed E-state index contributed by atoms with van der Waals surface area (Å²) < 4.78 is 0. The molecule has 0 spiro atoms. The van der Waals surface area contributed by atoms with Crippen LogP contribution in [0.3, 0.4) is 0 Å². The molecule has 1 heterocycles. The van der Waals surface area contributed by atoms with Gasteiger partial charge >= 0.3 is 0 Å². The summed E-state index contributed by atoms with van der Waals surface area (Å²) in [6.45, 7) is 0.732. The SMILES string of the molecule is N#CCc1cccc(NC(C(=O)Nc2ccc(N3CCCCC3=O)cc2)c2ccccc2)c1. The second kappa shape index (κ2) is 10.5. The summed E-state index contributed by atoms with van der Waals surface area (Å²) in [6, 6.07) is 26.0. The molecule has 3 aromatic rings. The van der Waals surface area contributed by atoms with Crippen LogP contribution in [0.2, 0.25) is 0 Å². The Balaban J connectivity index is 1.51. The summed E-state index contributed by atoms with van der Waals surface area (Å²) in [5.74, 6) is -0.0568. The Bertz CT molecular complexity index is 1150. The van der Waals surface area contributed by atoms with E-state index in [1.54, 1.807) is 4.90 Å². The van der Waals surface area contributed by atoms with Crippen molar-refractivity contribution in [3.05, 3.63) is 90.0 Å². The van der Waals surface area contributed by atoms with Crippen LogP contribution in [0, 0.1) is 11.3 Å². The van der Waals surface area contributed by atoms with E-state index in [-0.39, 0.29) is 11.8 Å². The second-order valence-electron chi connectivity index (χ2n) is 8.06. The van der Waals surface area contributed by atoms with Crippen LogP contribution in [0.4, 0.5) is 17.1 Å². The highest BCUT2D eigenvalue weighted by Gasteiger charge is 2.22. The number of nitrogens with zero attached hydrogens (tertiary/aromatic N) is 2. The van der Waals surface area contributed by atoms with E-state index in [1.807, 2.05) is 78.9 Å². The highest BCUT2D eigenvalue weighted by Crippen LogP contribution is 2.25. The molecule has 1 saturated heterocycles. The minimum absolute atomic E-state index is 0.144. The van der Waals surface area contributed by atoms with Crippen LogP contribution < -0.4 is 15.5 Å². The molecule has 0 radical (unpaired) electrons. The molecule has 1 fully saturated rings. The predicted molar refractivity (Wildman–Crippen MR) is 130 cm³/mol. The predicted octanol–water partition coefficient (Wildman–Crippen LogP) is 5.06. The molecule has 1 atom stereocenters. The van der Waals surface area contributed by atoms with E-state index in [2.05, 4.69) is 16.7 Å². The highest BCUT2D eigenvalue weighted by atomic mass is 16.2. The molecule has 6 nitrogen and oxygen atoms in total. The number of hydrogen-bond donors (Lipinski definition) is 2. The lowest BCUT2D eigenvalue weighted by Crippen LogP contribution is -2.35. The van der Waals surface area contributed by atoms with Crippen molar-refractivity contribution in [2.45, 2.75) is 31.7 Å². The maximum atomic E-state index is 13.3. The van der Waals surface area contributed by atoms with Gasteiger partial charge in [0.15, 0.2) is 0 Å². The minimum atomic E-state index is -0.619. The number of benzene rings is 3. The van der Waals surface area contributed by atoms with Crippen molar-refractivity contribution in [2.24, 2.45) is 0 Å². The van der Waals surface area contributed by atoms with Crippen molar-refractivity contribution in [2.75, 3.05) is 22.1 Å². The zero-order valence-corrected chi connectivity index (χ0v) is 18.3. The number of piperidine rings is 1. The van der Waals surface area contributed by atoms with Gasteiger partial charge in [-0.1, -0.05) is 42.5 Å². The first-order chi connectivity index (χ1) is 16.1. The summed E-state index contributed by atoms with van der Waals surface area (Å²) in [5.41, 5.74) is 4.00. The number of amides is 2.